The fraction of sp³-hybridized carbons (Fsp3) is 0.471. The van der Waals surface area contributed by atoms with E-state index in [4.69, 9.17) is 0 Å². The lowest BCUT2D eigenvalue weighted by atomic mass is 10.2. The van der Waals surface area contributed by atoms with Gasteiger partial charge in [0.15, 0.2) is 0 Å². The number of hydrogen-bond acceptors (Lipinski definition) is 3. The quantitative estimate of drug-likeness (QED) is 0.865. The summed E-state index contributed by atoms with van der Waals surface area (Å²) in [6.45, 7) is 7.10. The molecule has 0 bridgehead atoms. The monoisotopic (exact) mass is 320 g/mol. The zero-order valence-electron chi connectivity index (χ0n) is 13.5. The first kappa shape index (κ1) is 16.1. The summed E-state index contributed by atoms with van der Waals surface area (Å²) in [5.41, 5.74) is 0.335. The molecule has 0 saturated carbocycles. The van der Waals surface area contributed by atoms with Gasteiger partial charge in [0, 0.05) is 57.2 Å². The van der Waals surface area contributed by atoms with Gasteiger partial charge in [-0.15, -0.1) is 0 Å². The van der Waals surface area contributed by atoms with Crippen molar-refractivity contribution >= 4 is 0 Å². The van der Waals surface area contributed by atoms with E-state index in [0.717, 1.165) is 38.8 Å². The SMILES string of the molecule is C[C@@H](Cn1ccnc1-c1ccc(F)cc1F)N1CCN(C)CC1. The highest BCUT2D eigenvalue weighted by Gasteiger charge is 2.21. The van der Waals surface area contributed by atoms with Crippen molar-refractivity contribution in [1.29, 1.82) is 0 Å². The van der Waals surface area contributed by atoms with E-state index in [0.29, 0.717) is 17.4 Å². The van der Waals surface area contributed by atoms with Gasteiger partial charge in [-0.1, -0.05) is 0 Å². The summed E-state index contributed by atoms with van der Waals surface area (Å²) in [6.07, 6.45) is 3.51. The van der Waals surface area contributed by atoms with Crippen molar-refractivity contribution in [3.8, 4) is 11.4 Å². The summed E-state index contributed by atoms with van der Waals surface area (Å²) in [5.74, 6) is -0.608. The van der Waals surface area contributed by atoms with Crippen molar-refractivity contribution < 1.29 is 8.78 Å². The molecule has 23 heavy (non-hydrogen) atoms. The second-order valence-electron chi connectivity index (χ2n) is 6.22. The van der Waals surface area contributed by atoms with Crippen LogP contribution in [0.3, 0.4) is 0 Å². The molecule has 1 aliphatic rings. The van der Waals surface area contributed by atoms with Crippen LogP contribution in [0.4, 0.5) is 8.78 Å². The highest BCUT2D eigenvalue weighted by atomic mass is 19.1. The first-order chi connectivity index (χ1) is 11.0. The summed E-state index contributed by atoms with van der Waals surface area (Å²) < 4.78 is 29.1. The van der Waals surface area contributed by atoms with E-state index in [2.05, 4.69) is 28.8 Å². The van der Waals surface area contributed by atoms with Crippen LogP contribution in [-0.4, -0.2) is 58.6 Å². The molecule has 6 heteroatoms. The van der Waals surface area contributed by atoms with Gasteiger partial charge in [-0.25, -0.2) is 13.8 Å². The number of nitrogens with zero attached hydrogens (tertiary/aromatic N) is 4. The molecule has 124 valence electrons. The minimum Gasteiger partial charge on any atom is -0.329 e. The van der Waals surface area contributed by atoms with E-state index >= 15 is 0 Å². The normalized spacial score (nSPS) is 18.3. The number of aromatic nitrogens is 2. The Hall–Kier alpha value is -1.79. The van der Waals surface area contributed by atoms with Crippen LogP contribution in [0.1, 0.15) is 6.92 Å². The van der Waals surface area contributed by atoms with Gasteiger partial charge >= 0.3 is 0 Å². The van der Waals surface area contributed by atoms with Gasteiger partial charge in [0.2, 0.25) is 0 Å². The number of halogens is 2. The van der Waals surface area contributed by atoms with Crippen molar-refractivity contribution in [2.24, 2.45) is 0 Å². The van der Waals surface area contributed by atoms with Crippen LogP contribution in [0.2, 0.25) is 0 Å². The summed E-state index contributed by atoms with van der Waals surface area (Å²) >= 11 is 0. The number of piperazine rings is 1. The Kier molecular flexibility index (Phi) is 4.73. The molecular formula is C17H22F2N4. The molecule has 0 amide bonds. The first-order valence-electron chi connectivity index (χ1n) is 7.94. The Morgan fingerprint density at radius 2 is 1.91 bits per heavy atom. The summed E-state index contributed by atoms with van der Waals surface area (Å²) in [5, 5.41) is 0. The Labute approximate surface area is 135 Å². The Morgan fingerprint density at radius 3 is 2.61 bits per heavy atom. The van der Waals surface area contributed by atoms with Crippen LogP contribution in [0.15, 0.2) is 30.6 Å². The van der Waals surface area contributed by atoms with Crippen molar-refractivity contribution in [3.05, 3.63) is 42.2 Å². The average Bonchev–Trinajstić information content (AvgIpc) is 2.96. The third-order valence-corrected chi connectivity index (χ3v) is 4.51. The average molecular weight is 320 g/mol. The topological polar surface area (TPSA) is 24.3 Å². The number of rotatable bonds is 4. The lowest BCUT2D eigenvalue weighted by Gasteiger charge is -2.36. The maximum atomic E-state index is 14.0. The third-order valence-electron chi connectivity index (χ3n) is 4.51. The predicted molar refractivity (Wildman–Crippen MR) is 86.1 cm³/mol. The number of benzene rings is 1. The maximum Gasteiger partial charge on any atom is 0.142 e. The molecule has 1 aliphatic heterocycles. The maximum absolute atomic E-state index is 14.0. The summed E-state index contributed by atoms with van der Waals surface area (Å²) in [6, 6.07) is 3.95. The molecule has 2 heterocycles. The Balaban J connectivity index is 1.76. The van der Waals surface area contributed by atoms with Gasteiger partial charge in [0.05, 0.1) is 5.56 Å². The smallest absolute Gasteiger partial charge is 0.142 e. The van der Waals surface area contributed by atoms with Gasteiger partial charge in [-0.2, -0.15) is 0 Å². The van der Waals surface area contributed by atoms with Crippen molar-refractivity contribution in [2.75, 3.05) is 33.2 Å². The lowest BCUT2D eigenvalue weighted by Crippen LogP contribution is -2.49. The minimum atomic E-state index is -0.579. The molecule has 1 atom stereocenters. The van der Waals surface area contributed by atoms with Crippen LogP contribution in [0.25, 0.3) is 11.4 Å². The van der Waals surface area contributed by atoms with Crippen LogP contribution >= 0.6 is 0 Å². The molecule has 0 N–H and O–H groups in total. The standard InChI is InChI=1S/C17H22F2N4/c1-13(22-9-7-21(2)8-10-22)12-23-6-5-20-17(23)15-4-3-14(18)11-16(15)19/h3-6,11,13H,7-10,12H2,1-2H3/t13-/m0/s1. The van der Waals surface area contributed by atoms with Crippen LogP contribution < -0.4 is 0 Å². The van der Waals surface area contributed by atoms with E-state index in [9.17, 15) is 8.78 Å². The molecule has 3 rings (SSSR count). The highest BCUT2D eigenvalue weighted by molar-refractivity contribution is 5.56. The van der Waals surface area contributed by atoms with Crippen molar-refractivity contribution in [1.82, 2.24) is 19.4 Å². The number of likely N-dealkylation sites (N-methyl/N-ethyl adjacent to an activating group) is 1. The van der Waals surface area contributed by atoms with Crippen molar-refractivity contribution in [2.45, 2.75) is 19.5 Å². The molecule has 1 fully saturated rings. The van der Waals surface area contributed by atoms with Gasteiger partial charge in [0.1, 0.15) is 17.5 Å². The Bertz CT molecular complexity index is 662. The highest BCUT2D eigenvalue weighted by Crippen LogP contribution is 2.22. The van der Waals surface area contributed by atoms with E-state index in [1.54, 1.807) is 6.20 Å². The molecule has 0 aliphatic carbocycles. The predicted octanol–water partition coefficient (Wildman–Crippen LogP) is 2.46. The molecule has 2 aromatic rings. The second-order valence-corrected chi connectivity index (χ2v) is 6.22. The van der Waals surface area contributed by atoms with E-state index in [1.807, 2.05) is 10.8 Å². The number of hydrogen-bond donors (Lipinski definition) is 0. The van der Waals surface area contributed by atoms with Gasteiger partial charge in [-0.05, 0) is 26.1 Å². The lowest BCUT2D eigenvalue weighted by molar-refractivity contribution is 0.111. The molecule has 1 aromatic heterocycles. The molecule has 1 aromatic carbocycles. The summed E-state index contributed by atoms with van der Waals surface area (Å²) in [7, 11) is 2.13. The molecular weight excluding hydrogens is 298 g/mol. The van der Waals surface area contributed by atoms with E-state index < -0.39 is 11.6 Å². The largest absolute Gasteiger partial charge is 0.329 e. The van der Waals surface area contributed by atoms with E-state index in [-0.39, 0.29) is 0 Å². The molecule has 0 radical (unpaired) electrons. The van der Waals surface area contributed by atoms with Gasteiger partial charge in [-0.3, -0.25) is 4.90 Å². The zero-order valence-corrected chi connectivity index (χ0v) is 13.5. The van der Waals surface area contributed by atoms with Crippen molar-refractivity contribution in [3.63, 3.8) is 0 Å². The van der Waals surface area contributed by atoms with Crippen LogP contribution in [0, 0.1) is 11.6 Å². The zero-order chi connectivity index (χ0) is 16.4. The Morgan fingerprint density at radius 1 is 1.17 bits per heavy atom. The minimum absolute atomic E-state index is 0.333. The van der Waals surface area contributed by atoms with Gasteiger partial charge in [0.25, 0.3) is 0 Å². The van der Waals surface area contributed by atoms with Crippen LogP contribution in [-0.2, 0) is 6.54 Å². The first-order valence-corrected chi connectivity index (χ1v) is 7.94. The van der Waals surface area contributed by atoms with Crippen LogP contribution in [0.5, 0.6) is 0 Å². The molecule has 4 nitrogen and oxygen atoms in total. The molecule has 0 unspecified atom stereocenters. The fourth-order valence-corrected chi connectivity index (χ4v) is 3.03. The van der Waals surface area contributed by atoms with Gasteiger partial charge < -0.3 is 9.47 Å². The number of imidazole rings is 1. The van der Waals surface area contributed by atoms with E-state index in [1.165, 1.54) is 12.1 Å². The second kappa shape index (κ2) is 6.76. The third kappa shape index (κ3) is 3.59. The molecule has 1 saturated heterocycles. The fourth-order valence-electron chi connectivity index (χ4n) is 3.03. The molecule has 0 spiro atoms. The summed E-state index contributed by atoms with van der Waals surface area (Å²) in [4.78, 5) is 9.02.